The van der Waals surface area contributed by atoms with E-state index in [9.17, 15) is 0 Å². The van der Waals surface area contributed by atoms with Crippen molar-refractivity contribution in [2.24, 2.45) is 0 Å². The average Bonchev–Trinajstić information content (AvgIpc) is 2.84. The van der Waals surface area contributed by atoms with Crippen LogP contribution in [0.5, 0.6) is 0 Å². The van der Waals surface area contributed by atoms with Crippen LogP contribution in [0.1, 0.15) is 35.5 Å². The Morgan fingerprint density at radius 3 is 2.62 bits per heavy atom. The second-order valence-corrected chi connectivity index (χ2v) is 5.82. The summed E-state index contributed by atoms with van der Waals surface area (Å²) >= 11 is 6.13. The maximum Gasteiger partial charge on any atom is 0.125 e. The van der Waals surface area contributed by atoms with Crippen molar-refractivity contribution in [1.82, 2.24) is 9.55 Å². The lowest BCUT2D eigenvalue weighted by Gasteiger charge is -2.19. The molecule has 2 nitrogen and oxygen atoms in total. The number of nitrogens with zero attached hydrogens (tertiary/aromatic N) is 2. The molecule has 2 aromatic carbocycles. The number of imidazole rings is 1. The Balaban J connectivity index is 2.23. The summed E-state index contributed by atoms with van der Waals surface area (Å²) < 4.78 is 2.26. The normalized spacial score (nSPS) is 12.8. The van der Waals surface area contributed by atoms with E-state index in [1.54, 1.807) is 0 Å². The highest BCUT2D eigenvalue weighted by Gasteiger charge is 2.17. The fraction of sp³-hybridized carbons (Fsp3) is 0.278. The third-order valence-electron chi connectivity index (χ3n) is 4.06. The van der Waals surface area contributed by atoms with Crippen molar-refractivity contribution >= 4 is 22.6 Å². The Hall–Kier alpha value is -1.80. The lowest BCUT2D eigenvalue weighted by Crippen LogP contribution is -2.11. The van der Waals surface area contributed by atoms with Crippen molar-refractivity contribution in [2.75, 3.05) is 0 Å². The number of aromatic nitrogens is 2. The molecule has 0 spiro atoms. The molecule has 0 fully saturated rings. The Morgan fingerprint density at radius 1 is 1.14 bits per heavy atom. The Kier molecular flexibility index (Phi) is 3.73. The molecule has 108 valence electrons. The van der Waals surface area contributed by atoms with E-state index in [0.29, 0.717) is 5.88 Å². The standard InChI is InChI=1S/C18H19ClN2/c1-12-8-9-16-17(10-12)21(18(11-19)20-16)14(3)15-7-5-4-6-13(15)2/h4-10,14H,11H2,1-3H3. The van der Waals surface area contributed by atoms with Crippen LogP contribution >= 0.6 is 11.6 Å². The van der Waals surface area contributed by atoms with Crippen LogP contribution in [-0.2, 0) is 5.88 Å². The maximum absolute atomic E-state index is 6.13. The van der Waals surface area contributed by atoms with Gasteiger partial charge in [0.25, 0.3) is 0 Å². The largest absolute Gasteiger partial charge is 0.320 e. The van der Waals surface area contributed by atoms with E-state index in [4.69, 9.17) is 11.6 Å². The van der Waals surface area contributed by atoms with Crippen LogP contribution in [0.15, 0.2) is 42.5 Å². The van der Waals surface area contributed by atoms with Crippen molar-refractivity contribution in [3.63, 3.8) is 0 Å². The Bertz CT molecular complexity index is 789. The molecule has 0 aliphatic rings. The molecule has 1 aromatic heterocycles. The van der Waals surface area contributed by atoms with Crippen LogP contribution in [0, 0.1) is 13.8 Å². The first-order valence-corrected chi connectivity index (χ1v) is 7.74. The molecule has 1 atom stereocenters. The van der Waals surface area contributed by atoms with Gasteiger partial charge in [0.15, 0.2) is 0 Å². The van der Waals surface area contributed by atoms with Gasteiger partial charge in [-0.25, -0.2) is 4.98 Å². The summed E-state index contributed by atoms with van der Waals surface area (Å²) in [5.74, 6) is 1.34. The maximum atomic E-state index is 6.13. The molecular formula is C18H19ClN2. The van der Waals surface area contributed by atoms with Crippen LogP contribution in [0.4, 0.5) is 0 Å². The lowest BCUT2D eigenvalue weighted by atomic mass is 10.0. The first-order valence-electron chi connectivity index (χ1n) is 7.20. The number of fused-ring (bicyclic) bond motifs is 1. The van der Waals surface area contributed by atoms with E-state index in [1.165, 1.54) is 16.7 Å². The molecule has 0 aliphatic heterocycles. The van der Waals surface area contributed by atoms with Crippen LogP contribution in [0.2, 0.25) is 0 Å². The van der Waals surface area contributed by atoms with E-state index in [2.05, 4.69) is 72.8 Å². The topological polar surface area (TPSA) is 17.8 Å². The quantitative estimate of drug-likeness (QED) is 0.622. The molecule has 0 saturated heterocycles. The fourth-order valence-electron chi connectivity index (χ4n) is 2.97. The summed E-state index contributed by atoms with van der Waals surface area (Å²) in [6, 6.07) is 15.1. The van der Waals surface area contributed by atoms with Crippen molar-refractivity contribution in [3.05, 3.63) is 65.0 Å². The molecule has 0 amide bonds. The van der Waals surface area contributed by atoms with E-state index >= 15 is 0 Å². The zero-order chi connectivity index (χ0) is 15.0. The van der Waals surface area contributed by atoms with Crippen LogP contribution in [0.25, 0.3) is 11.0 Å². The lowest BCUT2D eigenvalue weighted by molar-refractivity contribution is 0.630. The van der Waals surface area contributed by atoms with E-state index in [0.717, 1.165) is 16.9 Å². The summed E-state index contributed by atoms with van der Waals surface area (Å²) in [5.41, 5.74) is 6.00. The SMILES string of the molecule is Cc1ccc2nc(CCl)n(C(C)c3ccccc3C)c2c1. The number of hydrogen-bond acceptors (Lipinski definition) is 1. The fourth-order valence-corrected chi connectivity index (χ4v) is 3.16. The smallest absolute Gasteiger partial charge is 0.125 e. The van der Waals surface area contributed by atoms with Gasteiger partial charge in [-0.05, 0) is 49.6 Å². The number of hydrogen-bond donors (Lipinski definition) is 0. The molecule has 0 saturated carbocycles. The molecule has 1 unspecified atom stereocenters. The third-order valence-corrected chi connectivity index (χ3v) is 4.30. The molecule has 3 heteroatoms. The summed E-state index contributed by atoms with van der Waals surface area (Å²) in [7, 11) is 0. The highest BCUT2D eigenvalue weighted by Crippen LogP contribution is 2.29. The summed E-state index contributed by atoms with van der Waals surface area (Å²) in [6.45, 7) is 6.47. The zero-order valence-electron chi connectivity index (χ0n) is 12.6. The number of aryl methyl sites for hydroxylation is 2. The number of halogens is 1. The monoisotopic (exact) mass is 298 g/mol. The molecule has 0 aliphatic carbocycles. The van der Waals surface area contributed by atoms with Crippen molar-refractivity contribution in [3.8, 4) is 0 Å². The minimum Gasteiger partial charge on any atom is -0.320 e. The van der Waals surface area contributed by atoms with E-state index in [1.807, 2.05) is 0 Å². The summed E-state index contributed by atoms with van der Waals surface area (Å²) in [6.07, 6.45) is 0. The van der Waals surface area contributed by atoms with Crippen LogP contribution in [0.3, 0.4) is 0 Å². The number of benzene rings is 2. The van der Waals surface area contributed by atoms with Crippen LogP contribution < -0.4 is 0 Å². The predicted molar refractivity (Wildman–Crippen MR) is 89.0 cm³/mol. The molecular weight excluding hydrogens is 280 g/mol. The number of alkyl halides is 1. The average molecular weight is 299 g/mol. The Morgan fingerprint density at radius 2 is 1.90 bits per heavy atom. The second-order valence-electron chi connectivity index (χ2n) is 5.56. The van der Waals surface area contributed by atoms with Gasteiger partial charge in [0, 0.05) is 0 Å². The van der Waals surface area contributed by atoms with E-state index < -0.39 is 0 Å². The minimum atomic E-state index is 0.215. The molecule has 0 N–H and O–H groups in total. The summed E-state index contributed by atoms with van der Waals surface area (Å²) in [5, 5.41) is 0. The van der Waals surface area contributed by atoms with Gasteiger partial charge in [-0.15, -0.1) is 11.6 Å². The van der Waals surface area contributed by atoms with Crippen molar-refractivity contribution < 1.29 is 0 Å². The van der Waals surface area contributed by atoms with Crippen molar-refractivity contribution in [2.45, 2.75) is 32.7 Å². The third kappa shape index (κ3) is 2.44. The van der Waals surface area contributed by atoms with Gasteiger partial charge in [0.1, 0.15) is 5.82 Å². The Labute approximate surface area is 130 Å². The van der Waals surface area contributed by atoms with E-state index in [-0.39, 0.29) is 6.04 Å². The van der Waals surface area contributed by atoms with Gasteiger partial charge in [0.2, 0.25) is 0 Å². The first-order chi connectivity index (χ1) is 10.1. The highest BCUT2D eigenvalue weighted by atomic mass is 35.5. The van der Waals surface area contributed by atoms with Crippen LogP contribution in [-0.4, -0.2) is 9.55 Å². The summed E-state index contributed by atoms with van der Waals surface area (Å²) in [4.78, 5) is 4.68. The van der Waals surface area contributed by atoms with Gasteiger partial charge in [0.05, 0.1) is 23.0 Å². The second kappa shape index (κ2) is 5.53. The predicted octanol–water partition coefficient (Wildman–Crippen LogP) is 5.00. The van der Waals surface area contributed by atoms with Crippen molar-refractivity contribution in [1.29, 1.82) is 0 Å². The molecule has 0 radical (unpaired) electrons. The van der Waals surface area contributed by atoms with Gasteiger partial charge in [-0.2, -0.15) is 0 Å². The molecule has 3 aromatic rings. The van der Waals surface area contributed by atoms with Gasteiger partial charge in [-0.1, -0.05) is 30.3 Å². The number of rotatable bonds is 3. The molecule has 0 bridgehead atoms. The molecule has 3 rings (SSSR count). The minimum absolute atomic E-state index is 0.215. The first kappa shape index (κ1) is 14.2. The van der Waals surface area contributed by atoms with Gasteiger partial charge < -0.3 is 4.57 Å². The molecule has 21 heavy (non-hydrogen) atoms. The highest BCUT2D eigenvalue weighted by molar-refractivity contribution is 6.16. The van der Waals surface area contributed by atoms with Gasteiger partial charge >= 0.3 is 0 Å². The molecule has 1 heterocycles. The zero-order valence-corrected chi connectivity index (χ0v) is 13.4. The van der Waals surface area contributed by atoms with Gasteiger partial charge in [-0.3, -0.25) is 0 Å².